The Morgan fingerprint density at radius 3 is 2.92 bits per heavy atom. The first-order chi connectivity index (χ1) is 12.0. The molecule has 0 N–H and O–H groups in total. The molecule has 25 heavy (non-hydrogen) atoms. The van der Waals surface area contributed by atoms with Crippen LogP contribution in [0.2, 0.25) is 0 Å². The molecule has 0 aromatic rings. The van der Waals surface area contributed by atoms with Crippen molar-refractivity contribution in [2.45, 2.75) is 68.5 Å². The Balaban J connectivity index is 1.95. The van der Waals surface area contributed by atoms with Crippen LogP contribution in [0.4, 0.5) is 0 Å². The minimum atomic E-state index is 0.159. The zero-order valence-corrected chi connectivity index (χ0v) is 18.4. The van der Waals surface area contributed by atoms with Gasteiger partial charge in [-0.3, -0.25) is 4.79 Å². The van der Waals surface area contributed by atoms with Gasteiger partial charge in [0.2, 0.25) is 0 Å². The average Bonchev–Trinajstić information content (AvgIpc) is 2.94. The van der Waals surface area contributed by atoms with Gasteiger partial charge in [0.15, 0.2) is 5.78 Å². The number of rotatable bonds is 9. The molecule has 4 heteroatoms. The Morgan fingerprint density at radius 1 is 1.44 bits per heavy atom. The Hall–Kier alpha value is -0.0600. The quantitative estimate of drug-likeness (QED) is 0.402. The van der Waals surface area contributed by atoms with Crippen LogP contribution >= 0.6 is 35.3 Å². The van der Waals surface area contributed by atoms with Crippen LogP contribution in [0.5, 0.6) is 0 Å². The second kappa shape index (κ2) is 10.9. The summed E-state index contributed by atoms with van der Waals surface area (Å²) in [5.74, 6) is 2.74. The molecule has 140 valence electrons. The molecule has 0 spiro atoms. The zero-order valence-electron chi connectivity index (χ0n) is 15.9. The zero-order chi connectivity index (χ0) is 18.2. The molecule has 1 nitrogen and oxygen atoms in total. The van der Waals surface area contributed by atoms with E-state index in [1.807, 2.05) is 11.8 Å². The predicted octanol–water partition coefficient (Wildman–Crippen LogP) is 6.71. The molecule has 0 aromatic heterocycles. The lowest BCUT2D eigenvalue weighted by molar-refractivity contribution is -0.112. The number of ketones is 1. The summed E-state index contributed by atoms with van der Waals surface area (Å²) in [5.41, 5.74) is 0. The van der Waals surface area contributed by atoms with Gasteiger partial charge < -0.3 is 0 Å². The van der Waals surface area contributed by atoms with Crippen LogP contribution in [0.15, 0.2) is 35.3 Å². The number of allylic oxidation sites excluding steroid dienone is 4. The van der Waals surface area contributed by atoms with Gasteiger partial charge in [0.1, 0.15) is 0 Å². The lowest BCUT2D eigenvalue weighted by Gasteiger charge is -2.23. The van der Waals surface area contributed by atoms with Gasteiger partial charge in [-0.25, -0.2) is 0 Å². The van der Waals surface area contributed by atoms with Crippen LogP contribution in [0, 0.1) is 11.8 Å². The van der Waals surface area contributed by atoms with E-state index < -0.39 is 0 Å². The SMILES string of the molecule is CCCC(/C=C/C(C)=O)SC1SC(C2C=C(SCC)C=CC2)CC1C. The van der Waals surface area contributed by atoms with Crippen molar-refractivity contribution in [2.75, 3.05) is 5.75 Å². The fourth-order valence-electron chi connectivity index (χ4n) is 3.39. The molecule has 0 saturated carbocycles. The number of carbonyl (C=O) groups excluding carboxylic acids is 1. The maximum Gasteiger partial charge on any atom is 0.152 e. The molecule has 1 heterocycles. The third-order valence-electron chi connectivity index (χ3n) is 4.66. The summed E-state index contributed by atoms with van der Waals surface area (Å²) in [6.45, 7) is 8.51. The first-order valence-electron chi connectivity index (χ1n) is 9.54. The van der Waals surface area contributed by atoms with Crippen molar-refractivity contribution in [3.63, 3.8) is 0 Å². The van der Waals surface area contributed by atoms with E-state index in [0.29, 0.717) is 15.7 Å². The van der Waals surface area contributed by atoms with E-state index in [4.69, 9.17) is 0 Å². The van der Waals surface area contributed by atoms with Gasteiger partial charge in [0.25, 0.3) is 0 Å². The van der Waals surface area contributed by atoms with E-state index in [1.165, 1.54) is 24.2 Å². The van der Waals surface area contributed by atoms with Crippen LogP contribution in [-0.4, -0.2) is 26.6 Å². The second-order valence-corrected chi connectivity index (χ2v) is 11.4. The van der Waals surface area contributed by atoms with Gasteiger partial charge in [-0.05, 0) is 49.9 Å². The largest absolute Gasteiger partial charge is 0.295 e. The molecule has 1 aliphatic heterocycles. The molecule has 5 unspecified atom stereocenters. The van der Waals surface area contributed by atoms with Gasteiger partial charge in [0.05, 0.1) is 4.58 Å². The van der Waals surface area contributed by atoms with Crippen LogP contribution in [0.3, 0.4) is 0 Å². The first-order valence-corrected chi connectivity index (χ1v) is 12.4. The highest BCUT2D eigenvalue weighted by atomic mass is 32.2. The molecule has 1 saturated heterocycles. The fourth-order valence-corrected chi connectivity index (χ4v) is 8.09. The Bertz CT molecular complexity index is 523. The monoisotopic (exact) mass is 396 g/mol. The van der Waals surface area contributed by atoms with Gasteiger partial charge >= 0.3 is 0 Å². The Kier molecular flexibility index (Phi) is 9.29. The molecule has 0 radical (unpaired) electrons. The molecule has 0 bridgehead atoms. The molecule has 0 aromatic carbocycles. The molecule has 1 fully saturated rings. The topological polar surface area (TPSA) is 17.1 Å². The van der Waals surface area contributed by atoms with Crippen molar-refractivity contribution in [2.24, 2.45) is 11.8 Å². The smallest absolute Gasteiger partial charge is 0.152 e. The number of hydrogen-bond donors (Lipinski definition) is 0. The summed E-state index contributed by atoms with van der Waals surface area (Å²) in [6.07, 6.45) is 15.9. The van der Waals surface area contributed by atoms with Crippen molar-refractivity contribution < 1.29 is 4.79 Å². The van der Waals surface area contributed by atoms with E-state index >= 15 is 0 Å². The summed E-state index contributed by atoms with van der Waals surface area (Å²) in [6, 6.07) is 0. The van der Waals surface area contributed by atoms with E-state index in [1.54, 1.807) is 13.0 Å². The van der Waals surface area contributed by atoms with Crippen LogP contribution in [-0.2, 0) is 4.79 Å². The van der Waals surface area contributed by atoms with Crippen molar-refractivity contribution in [1.29, 1.82) is 0 Å². The van der Waals surface area contributed by atoms with E-state index in [2.05, 4.69) is 68.6 Å². The molecule has 2 rings (SSSR count). The predicted molar refractivity (Wildman–Crippen MR) is 119 cm³/mol. The van der Waals surface area contributed by atoms with Gasteiger partial charge in [-0.1, -0.05) is 51.5 Å². The van der Waals surface area contributed by atoms with Gasteiger partial charge in [-0.2, -0.15) is 0 Å². The van der Waals surface area contributed by atoms with Crippen molar-refractivity contribution >= 4 is 41.1 Å². The summed E-state index contributed by atoms with van der Waals surface area (Å²) in [5, 5.41) is 1.21. The third kappa shape index (κ3) is 6.88. The van der Waals surface area contributed by atoms with E-state index in [-0.39, 0.29) is 5.78 Å². The van der Waals surface area contributed by atoms with Crippen LogP contribution < -0.4 is 0 Å². The first kappa shape index (κ1) is 21.2. The third-order valence-corrected chi connectivity index (χ3v) is 9.32. The molecule has 0 amide bonds. The number of hydrogen-bond acceptors (Lipinski definition) is 4. The lowest BCUT2D eigenvalue weighted by Crippen LogP contribution is -2.14. The molecule has 5 atom stereocenters. The number of thioether (sulfide) groups is 3. The maximum atomic E-state index is 11.3. The van der Waals surface area contributed by atoms with Crippen molar-refractivity contribution in [3.05, 3.63) is 35.3 Å². The Morgan fingerprint density at radius 2 is 2.24 bits per heavy atom. The molecular weight excluding hydrogens is 364 g/mol. The highest BCUT2D eigenvalue weighted by molar-refractivity contribution is 8.17. The normalized spacial score (nSPS) is 30.6. The summed E-state index contributed by atoms with van der Waals surface area (Å²) in [4.78, 5) is 12.7. The lowest BCUT2D eigenvalue weighted by atomic mass is 9.92. The summed E-state index contributed by atoms with van der Waals surface area (Å²) >= 11 is 6.24. The van der Waals surface area contributed by atoms with E-state index in [0.717, 1.165) is 23.3 Å². The molecule has 2 aliphatic rings. The van der Waals surface area contributed by atoms with Crippen molar-refractivity contribution in [3.8, 4) is 0 Å². The van der Waals surface area contributed by atoms with Crippen molar-refractivity contribution in [1.82, 2.24) is 0 Å². The summed E-state index contributed by atoms with van der Waals surface area (Å²) < 4.78 is 0.653. The standard InChI is InChI=1S/C21H32OS3/c1-5-8-18(12-11-16(4)22)24-21-15(3)13-20(25-21)17-9-7-10-19(14-17)23-6-2/h7,10-12,14-15,17-18,20-21H,5-6,8-9,13H2,1-4H3/b12-11+. The average molecular weight is 397 g/mol. The minimum Gasteiger partial charge on any atom is -0.295 e. The van der Waals surface area contributed by atoms with Gasteiger partial charge in [-0.15, -0.1) is 35.3 Å². The summed E-state index contributed by atoms with van der Waals surface area (Å²) in [7, 11) is 0. The minimum absolute atomic E-state index is 0.159. The van der Waals surface area contributed by atoms with Crippen LogP contribution in [0.25, 0.3) is 0 Å². The second-order valence-electron chi connectivity index (χ2n) is 6.99. The highest BCUT2D eigenvalue weighted by Gasteiger charge is 2.37. The molecular formula is C21H32OS3. The van der Waals surface area contributed by atoms with Crippen LogP contribution in [0.1, 0.15) is 53.4 Å². The highest BCUT2D eigenvalue weighted by Crippen LogP contribution is 2.50. The Labute approximate surface area is 166 Å². The molecule has 1 aliphatic carbocycles. The van der Waals surface area contributed by atoms with E-state index in [9.17, 15) is 4.79 Å². The van der Waals surface area contributed by atoms with Gasteiger partial charge in [0, 0.05) is 15.4 Å². The fraction of sp³-hybridized carbons (Fsp3) is 0.667. The maximum absolute atomic E-state index is 11.3. The number of carbonyl (C=O) groups is 1.